The fourth-order valence-electron chi connectivity index (χ4n) is 1.35. The van der Waals surface area contributed by atoms with Gasteiger partial charge in [-0.25, -0.2) is 9.78 Å². The van der Waals surface area contributed by atoms with E-state index >= 15 is 0 Å². The van der Waals surface area contributed by atoms with Crippen LogP contribution < -0.4 is 0 Å². The maximum atomic E-state index is 11.5. The molecular weight excluding hydrogens is 349 g/mol. The van der Waals surface area contributed by atoms with Crippen molar-refractivity contribution >= 4 is 39.9 Å². The van der Waals surface area contributed by atoms with Gasteiger partial charge in [-0.15, -0.1) is 11.3 Å². The fourth-order valence-corrected chi connectivity index (χ4v) is 2.73. The average Bonchev–Trinajstić information content (AvgIpc) is 2.79. The summed E-state index contributed by atoms with van der Waals surface area (Å²) < 4.78 is 6.03. The van der Waals surface area contributed by atoms with Crippen LogP contribution in [0, 0.1) is 3.57 Å². The molecule has 1 aromatic heterocycles. The molecule has 2 rings (SSSR count). The maximum absolute atomic E-state index is 11.5. The third-order valence-electron chi connectivity index (χ3n) is 2.10. The molecule has 5 heteroatoms. The number of thiazole rings is 1. The van der Waals surface area contributed by atoms with E-state index in [0.717, 1.165) is 14.8 Å². The summed E-state index contributed by atoms with van der Waals surface area (Å²) >= 11 is 3.57. The number of hydrogen-bond donors (Lipinski definition) is 0. The zero-order valence-electron chi connectivity index (χ0n) is 9.14. The van der Waals surface area contributed by atoms with Crippen LogP contribution in [0.3, 0.4) is 0 Å². The normalized spacial score (nSPS) is 10.2. The highest BCUT2D eigenvalue weighted by Crippen LogP contribution is 2.26. The number of carbonyl (C=O) groups excluding carboxylic acids is 1. The molecule has 3 nitrogen and oxygen atoms in total. The van der Waals surface area contributed by atoms with E-state index in [-0.39, 0.29) is 5.97 Å². The van der Waals surface area contributed by atoms with Crippen molar-refractivity contribution in [3.05, 3.63) is 38.2 Å². The summed E-state index contributed by atoms with van der Waals surface area (Å²) in [6.45, 7) is 2.16. The molecule has 0 N–H and O–H groups in total. The van der Waals surface area contributed by atoms with Crippen LogP contribution in [-0.4, -0.2) is 17.6 Å². The van der Waals surface area contributed by atoms with E-state index in [1.807, 2.05) is 29.6 Å². The minimum atomic E-state index is -0.352. The SMILES string of the molecule is CCOC(=O)c1nc(-c2ccccc2I)cs1. The molecule has 1 heterocycles. The third-order valence-corrected chi connectivity index (χ3v) is 3.87. The first-order valence-corrected chi connectivity index (χ1v) is 7.05. The average molecular weight is 359 g/mol. The molecule has 0 spiro atoms. The van der Waals surface area contributed by atoms with E-state index in [4.69, 9.17) is 4.74 Å². The molecule has 0 aliphatic heterocycles. The Labute approximate surface area is 117 Å². The number of benzene rings is 1. The van der Waals surface area contributed by atoms with E-state index in [1.165, 1.54) is 11.3 Å². The van der Waals surface area contributed by atoms with Crippen LogP contribution in [0.25, 0.3) is 11.3 Å². The topological polar surface area (TPSA) is 39.2 Å². The van der Waals surface area contributed by atoms with Crippen molar-refractivity contribution in [1.82, 2.24) is 4.98 Å². The van der Waals surface area contributed by atoms with Gasteiger partial charge in [0.05, 0.1) is 12.3 Å². The molecule has 0 atom stereocenters. The zero-order chi connectivity index (χ0) is 12.3. The van der Waals surface area contributed by atoms with Crippen LogP contribution in [0.2, 0.25) is 0 Å². The molecule has 0 bridgehead atoms. The lowest BCUT2D eigenvalue weighted by Crippen LogP contribution is -2.03. The highest BCUT2D eigenvalue weighted by molar-refractivity contribution is 14.1. The molecule has 2 aromatic rings. The highest BCUT2D eigenvalue weighted by atomic mass is 127. The second kappa shape index (κ2) is 5.59. The Morgan fingerprint density at radius 3 is 2.94 bits per heavy atom. The van der Waals surface area contributed by atoms with Gasteiger partial charge in [-0.1, -0.05) is 18.2 Å². The van der Waals surface area contributed by atoms with Crippen LogP contribution in [0.4, 0.5) is 0 Å². The molecule has 17 heavy (non-hydrogen) atoms. The number of hydrogen-bond acceptors (Lipinski definition) is 4. The summed E-state index contributed by atoms with van der Waals surface area (Å²) in [5, 5.41) is 2.28. The quantitative estimate of drug-likeness (QED) is 0.621. The number of ether oxygens (including phenoxy) is 1. The van der Waals surface area contributed by atoms with E-state index < -0.39 is 0 Å². The fraction of sp³-hybridized carbons (Fsp3) is 0.167. The van der Waals surface area contributed by atoms with Gasteiger partial charge < -0.3 is 4.74 Å². The van der Waals surface area contributed by atoms with Crippen molar-refractivity contribution < 1.29 is 9.53 Å². The minimum Gasteiger partial charge on any atom is -0.461 e. The summed E-state index contributed by atoms with van der Waals surface area (Å²) in [6, 6.07) is 7.94. The number of esters is 1. The molecule has 0 aliphatic rings. The third kappa shape index (κ3) is 2.84. The molecule has 0 amide bonds. The van der Waals surface area contributed by atoms with E-state index in [1.54, 1.807) is 6.92 Å². The van der Waals surface area contributed by atoms with Gasteiger partial charge in [-0.3, -0.25) is 0 Å². The number of nitrogens with zero attached hydrogens (tertiary/aromatic N) is 1. The van der Waals surface area contributed by atoms with Crippen molar-refractivity contribution in [2.24, 2.45) is 0 Å². The van der Waals surface area contributed by atoms with Gasteiger partial charge >= 0.3 is 5.97 Å². The number of rotatable bonds is 3. The maximum Gasteiger partial charge on any atom is 0.367 e. The predicted octanol–water partition coefficient (Wildman–Crippen LogP) is 3.59. The largest absolute Gasteiger partial charge is 0.461 e. The molecule has 0 radical (unpaired) electrons. The summed E-state index contributed by atoms with van der Waals surface area (Å²) in [4.78, 5) is 15.8. The van der Waals surface area contributed by atoms with Crippen molar-refractivity contribution in [2.45, 2.75) is 6.92 Å². The van der Waals surface area contributed by atoms with Gasteiger partial charge in [0.2, 0.25) is 5.01 Å². The Bertz CT molecular complexity index is 539. The molecule has 0 unspecified atom stereocenters. The van der Waals surface area contributed by atoms with Gasteiger partial charge in [0, 0.05) is 14.5 Å². The summed E-state index contributed by atoms with van der Waals surface area (Å²) in [7, 11) is 0. The van der Waals surface area contributed by atoms with Crippen LogP contribution in [0.15, 0.2) is 29.6 Å². The lowest BCUT2D eigenvalue weighted by Gasteiger charge is -1.99. The van der Waals surface area contributed by atoms with Crippen LogP contribution in [-0.2, 0) is 4.74 Å². The first kappa shape index (κ1) is 12.5. The standard InChI is InChI=1S/C12H10INO2S/c1-2-16-12(15)11-14-10(7-17-11)8-5-3-4-6-9(8)13/h3-7H,2H2,1H3. The first-order valence-electron chi connectivity index (χ1n) is 5.10. The number of aromatic nitrogens is 1. The van der Waals surface area contributed by atoms with Gasteiger partial charge in [0.15, 0.2) is 0 Å². The summed E-state index contributed by atoms with van der Waals surface area (Å²) in [5.41, 5.74) is 1.86. The zero-order valence-corrected chi connectivity index (χ0v) is 12.1. The van der Waals surface area contributed by atoms with Crippen molar-refractivity contribution in [3.63, 3.8) is 0 Å². The monoisotopic (exact) mass is 359 g/mol. The van der Waals surface area contributed by atoms with Gasteiger partial charge in [-0.05, 0) is 35.6 Å². The Balaban J connectivity index is 2.30. The van der Waals surface area contributed by atoms with Crippen LogP contribution in [0.1, 0.15) is 16.7 Å². The predicted molar refractivity (Wildman–Crippen MR) is 76.2 cm³/mol. The Hall–Kier alpha value is -0.950. The van der Waals surface area contributed by atoms with E-state index in [0.29, 0.717) is 11.6 Å². The van der Waals surface area contributed by atoms with Gasteiger partial charge in [0.25, 0.3) is 0 Å². The Morgan fingerprint density at radius 2 is 2.24 bits per heavy atom. The molecule has 1 aromatic carbocycles. The molecular formula is C12H10INO2S. The lowest BCUT2D eigenvalue weighted by atomic mass is 10.2. The second-order valence-corrected chi connectivity index (χ2v) is 5.26. The van der Waals surface area contributed by atoms with Gasteiger partial charge in [-0.2, -0.15) is 0 Å². The van der Waals surface area contributed by atoms with Crippen LogP contribution in [0.5, 0.6) is 0 Å². The molecule has 88 valence electrons. The molecule has 0 saturated carbocycles. The molecule has 0 aliphatic carbocycles. The first-order chi connectivity index (χ1) is 8.22. The Kier molecular flexibility index (Phi) is 4.11. The summed E-state index contributed by atoms with van der Waals surface area (Å²) in [5.74, 6) is -0.352. The second-order valence-electron chi connectivity index (χ2n) is 3.24. The minimum absolute atomic E-state index is 0.352. The smallest absolute Gasteiger partial charge is 0.367 e. The van der Waals surface area contributed by atoms with Gasteiger partial charge in [0.1, 0.15) is 0 Å². The molecule has 0 saturated heterocycles. The number of carbonyl (C=O) groups is 1. The van der Waals surface area contributed by atoms with Crippen LogP contribution >= 0.6 is 33.9 Å². The highest BCUT2D eigenvalue weighted by Gasteiger charge is 2.13. The molecule has 0 fully saturated rings. The summed E-state index contributed by atoms with van der Waals surface area (Å²) in [6.07, 6.45) is 0. The lowest BCUT2D eigenvalue weighted by molar-refractivity contribution is 0.0526. The van der Waals surface area contributed by atoms with Crippen molar-refractivity contribution in [1.29, 1.82) is 0 Å². The van der Waals surface area contributed by atoms with Crippen molar-refractivity contribution in [2.75, 3.05) is 6.61 Å². The van der Waals surface area contributed by atoms with E-state index in [2.05, 4.69) is 27.6 Å². The Morgan fingerprint density at radius 1 is 1.47 bits per heavy atom. The number of halogens is 1. The van der Waals surface area contributed by atoms with Crippen molar-refractivity contribution in [3.8, 4) is 11.3 Å². The van der Waals surface area contributed by atoms with E-state index in [9.17, 15) is 4.79 Å².